The zero-order chi connectivity index (χ0) is 36.3. The molecule has 8 aromatic rings. The van der Waals surface area contributed by atoms with E-state index in [0.717, 1.165) is 84.6 Å². The number of hydrogen-bond donors (Lipinski definition) is 0. The lowest BCUT2D eigenvalue weighted by Crippen LogP contribution is -2.10. The van der Waals surface area contributed by atoms with Crippen LogP contribution in [0.5, 0.6) is 23.0 Å². The molecule has 0 unspecified atom stereocenters. The third-order valence-electron chi connectivity index (χ3n) is 9.59. The van der Waals surface area contributed by atoms with Crippen LogP contribution in [0.1, 0.15) is 0 Å². The summed E-state index contributed by atoms with van der Waals surface area (Å²) in [7, 11) is 6.74. The third-order valence-corrected chi connectivity index (χ3v) is 9.59. The predicted molar refractivity (Wildman–Crippen MR) is 216 cm³/mol. The molecule has 1 aromatic heterocycles. The number of nitrogens with zero attached hydrogens (tertiary/aromatic N) is 3. The summed E-state index contributed by atoms with van der Waals surface area (Å²) in [6, 6.07) is 56.5. The predicted octanol–water partition coefficient (Wildman–Crippen LogP) is 11.8. The minimum Gasteiger partial charge on any atom is -0.497 e. The fourth-order valence-corrected chi connectivity index (χ4v) is 6.95. The number of methoxy groups -OCH3 is 4. The van der Waals surface area contributed by atoms with E-state index in [1.165, 1.54) is 0 Å². The van der Waals surface area contributed by atoms with Crippen molar-refractivity contribution in [1.29, 1.82) is 0 Å². The van der Waals surface area contributed by atoms with Gasteiger partial charge in [0.2, 0.25) is 0 Å². The summed E-state index contributed by atoms with van der Waals surface area (Å²) in [5.41, 5.74) is 9.38. The van der Waals surface area contributed by atoms with E-state index in [-0.39, 0.29) is 0 Å². The summed E-state index contributed by atoms with van der Waals surface area (Å²) in [6.07, 6.45) is 0. The van der Waals surface area contributed by atoms with Crippen molar-refractivity contribution >= 4 is 55.9 Å². The van der Waals surface area contributed by atoms with Crippen LogP contribution in [0.15, 0.2) is 164 Å². The Balaban J connectivity index is 1.36. The maximum atomic E-state index is 5.50. The largest absolute Gasteiger partial charge is 0.497 e. The Morgan fingerprint density at radius 1 is 0.340 bits per heavy atom. The van der Waals surface area contributed by atoms with Gasteiger partial charge in [-0.1, -0.05) is 18.2 Å². The van der Waals surface area contributed by atoms with Gasteiger partial charge in [0.15, 0.2) is 0 Å². The molecule has 0 N–H and O–H groups in total. The third kappa shape index (κ3) is 6.34. The molecule has 0 aliphatic heterocycles. The average Bonchev–Trinajstić information content (AvgIpc) is 3.55. The van der Waals surface area contributed by atoms with E-state index in [2.05, 4.69) is 130 Å². The minimum atomic E-state index is 0.801. The van der Waals surface area contributed by atoms with E-state index in [9.17, 15) is 0 Å². The number of anilines is 6. The molecular weight excluding hydrogens is 659 g/mol. The molecule has 0 atom stereocenters. The van der Waals surface area contributed by atoms with E-state index in [0.29, 0.717) is 0 Å². The quantitative estimate of drug-likeness (QED) is 0.134. The van der Waals surface area contributed by atoms with Gasteiger partial charge >= 0.3 is 0 Å². The van der Waals surface area contributed by atoms with Crippen LogP contribution >= 0.6 is 0 Å². The fourth-order valence-electron chi connectivity index (χ4n) is 6.95. The molecule has 0 spiro atoms. The summed E-state index contributed by atoms with van der Waals surface area (Å²) in [5.74, 6) is 3.21. The second-order valence-corrected chi connectivity index (χ2v) is 12.5. The fraction of sp³-hybridized carbons (Fsp3) is 0.0870. The highest BCUT2D eigenvalue weighted by Gasteiger charge is 2.20. The molecule has 0 bridgehead atoms. The minimum absolute atomic E-state index is 0.801. The standard InChI is InChI=1S/C46H39N3O4/c1-50-39-20-10-33(11-21-39)47(34-12-22-40(51-2)23-13-34)37-18-28-45-43(30-37)44-31-38(19-29-46(44)49(45)32-8-6-5-7-9-32)48(35-14-24-41(52-3)25-15-35)36-16-26-42(53-4)27-17-36/h5-31H,1-4H3. The van der Waals surface area contributed by atoms with Crippen LogP contribution in [0, 0.1) is 0 Å². The Morgan fingerprint density at radius 2 is 0.642 bits per heavy atom. The first-order valence-electron chi connectivity index (χ1n) is 17.4. The second kappa shape index (κ2) is 14.4. The normalized spacial score (nSPS) is 11.0. The van der Waals surface area contributed by atoms with Crippen LogP contribution in [-0.2, 0) is 0 Å². The number of ether oxygens (including phenoxy) is 4. The molecule has 7 aromatic carbocycles. The zero-order valence-corrected chi connectivity index (χ0v) is 30.1. The van der Waals surface area contributed by atoms with Gasteiger partial charge in [0, 0.05) is 50.6 Å². The zero-order valence-electron chi connectivity index (χ0n) is 30.1. The van der Waals surface area contributed by atoms with Crippen LogP contribution in [0.3, 0.4) is 0 Å². The number of hydrogen-bond acceptors (Lipinski definition) is 6. The first-order valence-corrected chi connectivity index (χ1v) is 17.4. The number of para-hydroxylation sites is 1. The van der Waals surface area contributed by atoms with Crippen LogP contribution < -0.4 is 28.7 Å². The average molecular weight is 698 g/mol. The summed E-state index contributed by atoms with van der Waals surface area (Å²) in [6.45, 7) is 0. The van der Waals surface area contributed by atoms with Crippen molar-refractivity contribution < 1.29 is 18.9 Å². The van der Waals surface area contributed by atoms with E-state index < -0.39 is 0 Å². The van der Waals surface area contributed by atoms with Gasteiger partial charge < -0.3 is 33.3 Å². The lowest BCUT2D eigenvalue weighted by molar-refractivity contribution is 0.414. The van der Waals surface area contributed by atoms with Gasteiger partial charge in [0.05, 0.1) is 39.5 Å². The van der Waals surface area contributed by atoms with Crippen molar-refractivity contribution in [3.8, 4) is 28.7 Å². The number of aromatic nitrogens is 1. The molecule has 0 amide bonds. The first kappa shape index (κ1) is 33.3. The lowest BCUT2D eigenvalue weighted by atomic mass is 10.1. The molecule has 0 radical (unpaired) electrons. The van der Waals surface area contributed by atoms with Crippen LogP contribution in [0.2, 0.25) is 0 Å². The molecule has 53 heavy (non-hydrogen) atoms. The van der Waals surface area contributed by atoms with E-state index in [1.54, 1.807) is 28.4 Å². The van der Waals surface area contributed by atoms with Crippen LogP contribution in [0.4, 0.5) is 34.1 Å². The number of rotatable bonds is 11. The highest BCUT2D eigenvalue weighted by Crippen LogP contribution is 2.43. The van der Waals surface area contributed by atoms with Gasteiger partial charge in [-0.2, -0.15) is 0 Å². The van der Waals surface area contributed by atoms with Crippen LogP contribution in [-0.4, -0.2) is 33.0 Å². The maximum Gasteiger partial charge on any atom is 0.119 e. The van der Waals surface area contributed by atoms with Crippen molar-refractivity contribution in [3.05, 3.63) is 164 Å². The van der Waals surface area contributed by atoms with E-state index in [1.807, 2.05) is 48.5 Å². The van der Waals surface area contributed by atoms with Gasteiger partial charge in [-0.15, -0.1) is 0 Å². The molecular formula is C46H39N3O4. The van der Waals surface area contributed by atoms with Gasteiger partial charge in [0.1, 0.15) is 23.0 Å². The maximum absolute atomic E-state index is 5.50. The Bertz CT molecular complexity index is 2230. The molecule has 1 heterocycles. The van der Waals surface area contributed by atoms with Gasteiger partial charge in [-0.3, -0.25) is 0 Å². The number of fused-ring (bicyclic) bond motifs is 3. The summed E-state index contributed by atoms with van der Waals surface area (Å²) in [4.78, 5) is 4.52. The summed E-state index contributed by atoms with van der Waals surface area (Å²) < 4.78 is 24.4. The molecule has 8 rings (SSSR count). The topological polar surface area (TPSA) is 48.3 Å². The van der Waals surface area contributed by atoms with Crippen molar-refractivity contribution in [2.45, 2.75) is 0 Å². The molecule has 0 aliphatic rings. The Kier molecular flexibility index (Phi) is 9.05. The van der Waals surface area contributed by atoms with Crippen molar-refractivity contribution in [3.63, 3.8) is 0 Å². The highest BCUT2D eigenvalue weighted by atomic mass is 16.5. The monoisotopic (exact) mass is 697 g/mol. The summed E-state index contributed by atoms with van der Waals surface area (Å²) >= 11 is 0. The second-order valence-electron chi connectivity index (χ2n) is 12.5. The van der Waals surface area contributed by atoms with Gasteiger partial charge in [-0.05, 0) is 146 Å². The number of benzene rings is 7. The van der Waals surface area contributed by atoms with Gasteiger partial charge in [-0.25, -0.2) is 0 Å². The Hall–Kier alpha value is -6.86. The van der Waals surface area contributed by atoms with Gasteiger partial charge in [0.25, 0.3) is 0 Å². The van der Waals surface area contributed by atoms with Crippen molar-refractivity contribution in [2.24, 2.45) is 0 Å². The molecule has 7 heteroatoms. The molecule has 0 saturated carbocycles. The SMILES string of the molecule is COc1ccc(N(c2ccc(OC)cc2)c2ccc3c(c2)c2cc(N(c4ccc(OC)cc4)c4ccc(OC)cc4)ccc2n3-c2ccccc2)cc1. The first-order chi connectivity index (χ1) is 26.1. The molecule has 0 saturated heterocycles. The molecule has 0 fully saturated rings. The summed E-state index contributed by atoms with van der Waals surface area (Å²) in [5, 5.41) is 2.25. The highest BCUT2D eigenvalue weighted by molar-refractivity contribution is 6.12. The molecule has 262 valence electrons. The Labute approximate surface area is 309 Å². The van der Waals surface area contributed by atoms with Crippen LogP contribution in [0.25, 0.3) is 27.5 Å². The molecule has 7 nitrogen and oxygen atoms in total. The molecule has 0 aliphatic carbocycles. The van der Waals surface area contributed by atoms with E-state index >= 15 is 0 Å². The smallest absolute Gasteiger partial charge is 0.119 e. The van der Waals surface area contributed by atoms with Crippen molar-refractivity contribution in [1.82, 2.24) is 4.57 Å². The Morgan fingerprint density at radius 3 is 0.943 bits per heavy atom. The lowest BCUT2D eigenvalue weighted by Gasteiger charge is -2.26. The van der Waals surface area contributed by atoms with Crippen molar-refractivity contribution in [2.75, 3.05) is 38.2 Å². The van der Waals surface area contributed by atoms with E-state index in [4.69, 9.17) is 18.9 Å².